The molecular formula is C20H22O. The van der Waals surface area contributed by atoms with Crippen LogP contribution >= 0.6 is 0 Å². The first-order valence-electron chi connectivity index (χ1n) is 7.69. The molecule has 1 saturated carbocycles. The van der Waals surface area contributed by atoms with Gasteiger partial charge in [-0.15, -0.1) is 0 Å². The molecule has 2 aromatic rings. The van der Waals surface area contributed by atoms with Gasteiger partial charge in [-0.05, 0) is 37.3 Å². The van der Waals surface area contributed by atoms with Gasteiger partial charge in [0.15, 0.2) is 0 Å². The quantitative estimate of drug-likeness (QED) is 0.804. The Hall–Kier alpha value is -1.89. The predicted octanol–water partition coefficient (Wildman–Crippen LogP) is 4.56. The van der Waals surface area contributed by atoms with Gasteiger partial charge in [0, 0.05) is 5.41 Å². The number of Topliss-reactive ketones (excluding diaryl/α,β-unsaturated/α-hetero) is 1. The van der Waals surface area contributed by atoms with Crippen LogP contribution in [0, 0.1) is 5.41 Å². The molecule has 0 amide bonds. The SMILES string of the molecule is C[C@@]1(Cc2ccccc2)CC[C@@](C)(c2ccccc2)C1=O. The number of hydrogen-bond donors (Lipinski definition) is 0. The van der Waals surface area contributed by atoms with E-state index in [1.54, 1.807) is 0 Å². The van der Waals surface area contributed by atoms with Gasteiger partial charge >= 0.3 is 0 Å². The number of carbonyl (C=O) groups is 1. The summed E-state index contributed by atoms with van der Waals surface area (Å²) in [6, 6.07) is 20.6. The van der Waals surface area contributed by atoms with Gasteiger partial charge in [-0.2, -0.15) is 0 Å². The summed E-state index contributed by atoms with van der Waals surface area (Å²) in [4.78, 5) is 13.2. The third kappa shape index (κ3) is 2.42. The summed E-state index contributed by atoms with van der Waals surface area (Å²) in [5, 5.41) is 0. The van der Waals surface area contributed by atoms with E-state index in [0.717, 1.165) is 24.8 Å². The van der Waals surface area contributed by atoms with E-state index < -0.39 is 0 Å². The molecule has 2 aromatic carbocycles. The molecule has 2 atom stereocenters. The molecule has 0 spiro atoms. The zero-order chi connectivity index (χ0) is 14.9. The van der Waals surface area contributed by atoms with E-state index in [9.17, 15) is 4.79 Å². The van der Waals surface area contributed by atoms with Gasteiger partial charge in [0.05, 0.1) is 5.41 Å². The Morgan fingerprint density at radius 3 is 2.05 bits per heavy atom. The third-order valence-corrected chi connectivity index (χ3v) is 5.07. The minimum Gasteiger partial charge on any atom is -0.298 e. The van der Waals surface area contributed by atoms with Crippen molar-refractivity contribution in [2.75, 3.05) is 0 Å². The van der Waals surface area contributed by atoms with Gasteiger partial charge in [-0.25, -0.2) is 0 Å². The molecular weight excluding hydrogens is 256 g/mol. The summed E-state index contributed by atoms with van der Waals surface area (Å²) >= 11 is 0. The second-order valence-corrected chi connectivity index (χ2v) is 6.75. The highest BCUT2D eigenvalue weighted by Crippen LogP contribution is 2.48. The summed E-state index contributed by atoms with van der Waals surface area (Å²) in [5.74, 6) is 0.394. The van der Waals surface area contributed by atoms with Crippen LogP contribution in [-0.4, -0.2) is 5.78 Å². The first-order valence-corrected chi connectivity index (χ1v) is 7.69. The highest BCUT2D eigenvalue weighted by molar-refractivity contribution is 5.96. The van der Waals surface area contributed by atoms with E-state index in [-0.39, 0.29) is 10.8 Å². The molecule has 0 saturated heterocycles. The summed E-state index contributed by atoms with van der Waals surface area (Å²) < 4.78 is 0. The van der Waals surface area contributed by atoms with E-state index in [2.05, 4.69) is 50.2 Å². The molecule has 0 unspecified atom stereocenters. The average molecular weight is 278 g/mol. The number of rotatable bonds is 3. The van der Waals surface area contributed by atoms with Crippen LogP contribution in [0.3, 0.4) is 0 Å². The van der Waals surface area contributed by atoms with Crippen molar-refractivity contribution in [3.8, 4) is 0 Å². The molecule has 0 heterocycles. The number of benzene rings is 2. The maximum Gasteiger partial charge on any atom is 0.149 e. The van der Waals surface area contributed by atoms with E-state index in [4.69, 9.17) is 0 Å². The maximum atomic E-state index is 13.2. The molecule has 1 heteroatoms. The smallest absolute Gasteiger partial charge is 0.149 e. The molecule has 1 fully saturated rings. The lowest BCUT2D eigenvalue weighted by Gasteiger charge is -2.28. The van der Waals surface area contributed by atoms with Crippen LogP contribution in [0.4, 0.5) is 0 Å². The molecule has 1 aliphatic rings. The van der Waals surface area contributed by atoms with E-state index in [1.165, 1.54) is 5.56 Å². The molecule has 0 aromatic heterocycles. The normalized spacial score (nSPS) is 28.8. The fraction of sp³-hybridized carbons (Fsp3) is 0.350. The maximum absolute atomic E-state index is 13.2. The molecule has 3 rings (SSSR count). The lowest BCUT2D eigenvalue weighted by Crippen LogP contribution is -2.36. The van der Waals surface area contributed by atoms with Crippen molar-refractivity contribution in [1.82, 2.24) is 0 Å². The van der Waals surface area contributed by atoms with Crippen LogP contribution in [0.2, 0.25) is 0 Å². The third-order valence-electron chi connectivity index (χ3n) is 5.07. The van der Waals surface area contributed by atoms with E-state index >= 15 is 0 Å². The molecule has 0 radical (unpaired) electrons. The van der Waals surface area contributed by atoms with Crippen molar-refractivity contribution in [3.63, 3.8) is 0 Å². The van der Waals surface area contributed by atoms with Crippen molar-refractivity contribution in [3.05, 3.63) is 71.8 Å². The monoisotopic (exact) mass is 278 g/mol. The van der Waals surface area contributed by atoms with Gasteiger partial charge in [-0.1, -0.05) is 67.6 Å². The van der Waals surface area contributed by atoms with Crippen molar-refractivity contribution >= 4 is 5.78 Å². The highest BCUT2D eigenvalue weighted by Gasteiger charge is 2.51. The summed E-state index contributed by atoms with van der Waals surface area (Å²) in [6.45, 7) is 4.25. The van der Waals surface area contributed by atoms with Crippen LogP contribution < -0.4 is 0 Å². The Bertz CT molecular complexity index is 631. The molecule has 1 nitrogen and oxygen atoms in total. The van der Waals surface area contributed by atoms with Crippen LogP contribution in [0.5, 0.6) is 0 Å². The van der Waals surface area contributed by atoms with Crippen LogP contribution in [0.1, 0.15) is 37.8 Å². The molecule has 1 aliphatic carbocycles. The first-order chi connectivity index (χ1) is 10.0. The molecule has 0 aliphatic heterocycles. The van der Waals surface area contributed by atoms with Crippen molar-refractivity contribution in [1.29, 1.82) is 0 Å². The van der Waals surface area contributed by atoms with Crippen molar-refractivity contribution < 1.29 is 4.79 Å². The average Bonchev–Trinajstić information content (AvgIpc) is 2.75. The topological polar surface area (TPSA) is 17.1 Å². The Morgan fingerprint density at radius 1 is 0.857 bits per heavy atom. The second kappa shape index (κ2) is 5.14. The van der Waals surface area contributed by atoms with Gasteiger partial charge in [0.25, 0.3) is 0 Å². The van der Waals surface area contributed by atoms with Gasteiger partial charge < -0.3 is 0 Å². The second-order valence-electron chi connectivity index (χ2n) is 6.75. The summed E-state index contributed by atoms with van der Waals surface area (Å²) in [6.07, 6.45) is 2.75. The van der Waals surface area contributed by atoms with Gasteiger partial charge in [-0.3, -0.25) is 4.79 Å². The van der Waals surface area contributed by atoms with E-state index in [1.807, 2.05) is 24.3 Å². The lowest BCUT2D eigenvalue weighted by molar-refractivity contribution is -0.129. The van der Waals surface area contributed by atoms with Gasteiger partial charge in [0.1, 0.15) is 5.78 Å². The Kier molecular flexibility index (Phi) is 3.44. The zero-order valence-electron chi connectivity index (χ0n) is 12.8. The number of ketones is 1. The minimum atomic E-state index is -0.329. The van der Waals surface area contributed by atoms with Crippen LogP contribution in [0.25, 0.3) is 0 Å². The predicted molar refractivity (Wildman–Crippen MR) is 86.3 cm³/mol. The van der Waals surface area contributed by atoms with Crippen LogP contribution in [0.15, 0.2) is 60.7 Å². The minimum absolute atomic E-state index is 0.244. The highest BCUT2D eigenvalue weighted by atomic mass is 16.1. The summed E-state index contributed by atoms with van der Waals surface area (Å²) in [5.41, 5.74) is 1.84. The Labute approximate surface area is 127 Å². The summed E-state index contributed by atoms with van der Waals surface area (Å²) in [7, 11) is 0. The Morgan fingerprint density at radius 2 is 1.43 bits per heavy atom. The molecule has 0 N–H and O–H groups in total. The van der Waals surface area contributed by atoms with Crippen molar-refractivity contribution in [2.45, 2.75) is 38.5 Å². The van der Waals surface area contributed by atoms with Crippen molar-refractivity contribution in [2.24, 2.45) is 5.41 Å². The fourth-order valence-electron chi connectivity index (χ4n) is 3.72. The number of hydrogen-bond acceptors (Lipinski definition) is 1. The van der Waals surface area contributed by atoms with E-state index in [0.29, 0.717) is 5.78 Å². The zero-order valence-corrected chi connectivity index (χ0v) is 12.8. The molecule has 108 valence electrons. The van der Waals surface area contributed by atoms with Gasteiger partial charge in [0.2, 0.25) is 0 Å². The lowest BCUT2D eigenvalue weighted by atomic mass is 9.73. The fourth-order valence-corrected chi connectivity index (χ4v) is 3.72. The largest absolute Gasteiger partial charge is 0.298 e. The number of carbonyl (C=O) groups excluding carboxylic acids is 1. The molecule has 0 bridgehead atoms. The standard InChI is InChI=1S/C20H22O/c1-19(15-16-9-5-3-6-10-16)13-14-20(2,18(19)21)17-11-7-4-8-12-17/h3-12H,13-15H2,1-2H3/t19-,20-/m0/s1. The first kappa shape index (κ1) is 14.1. The molecule has 21 heavy (non-hydrogen) atoms. The Balaban J connectivity index is 1.89. The van der Waals surface area contributed by atoms with Crippen LogP contribution in [-0.2, 0) is 16.6 Å².